The van der Waals surface area contributed by atoms with E-state index in [1.165, 1.54) is 0 Å². The zero-order chi connectivity index (χ0) is 18.1. The molecule has 1 unspecified atom stereocenters. The predicted octanol–water partition coefficient (Wildman–Crippen LogP) is 1.72. The molecule has 1 aliphatic rings. The fourth-order valence-corrected chi connectivity index (χ4v) is 3.57. The Balaban J connectivity index is 1.64. The number of hydrogen-bond acceptors (Lipinski definition) is 8. The van der Waals surface area contributed by atoms with Gasteiger partial charge in [-0.1, -0.05) is 6.92 Å². The summed E-state index contributed by atoms with van der Waals surface area (Å²) in [6.07, 6.45) is 6.94. The SMILES string of the molecule is CCC(NC1CCN(C)CC1)c1cncc2[nH]c(-c3nonc3N)nc12. The Morgan fingerprint density at radius 2 is 2.15 bits per heavy atom. The summed E-state index contributed by atoms with van der Waals surface area (Å²) in [7, 11) is 2.17. The highest BCUT2D eigenvalue weighted by Gasteiger charge is 2.23. The van der Waals surface area contributed by atoms with Crippen molar-refractivity contribution >= 4 is 16.9 Å². The minimum atomic E-state index is 0.198. The Morgan fingerprint density at radius 1 is 1.35 bits per heavy atom. The van der Waals surface area contributed by atoms with E-state index in [0.29, 0.717) is 17.6 Å². The van der Waals surface area contributed by atoms with E-state index in [9.17, 15) is 0 Å². The lowest BCUT2D eigenvalue weighted by Gasteiger charge is -2.32. The summed E-state index contributed by atoms with van der Waals surface area (Å²) in [4.78, 5) is 14.7. The zero-order valence-corrected chi connectivity index (χ0v) is 15.1. The van der Waals surface area contributed by atoms with E-state index in [1.807, 2.05) is 6.20 Å². The van der Waals surface area contributed by atoms with Crippen LogP contribution in [0.1, 0.15) is 37.8 Å². The Labute approximate surface area is 151 Å². The van der Waals surface area contributed by atoms with Crippen LogP contribution in [-0.2, 0) is 0 Å². The van der Waals surface area contributed by atoms with E-state index in [1.54, 1.807) is 6.20 Å². The number of nitrogens with zero attached hydrogens (tertiary/aromatic N) is 5. The lowest BCUT2D eigenvalue weighted by Crippen LogP contribution is -2.42. The quantitative estimate of drug-likeness (QED) is 0.632. The van der Waals surface area contributed by atoms with Crippen LogP contribution < -0.4 is 11.1 Å². The van der Waals surface area contributed by atoms with Crippen molar-refractivity contribution in [2.75, 3.05) is 25.9 Å². The first-order valence-electron chi connectivity index (χ1n) is 9.02. The van der Waals surface area contributed by atoms with E-state index >= 15 is 0 Å². The highest BCUT2D eigenvalue weighted by Crippen LogP contribution is 2.28. The number of anilines is 1. The van der Waals surface area contributed by atoms with E-state index < -0.39 is 0 Å². The third-order valence-corrected chi connectivity index (χ3v) is 5.10. The van der Waals surface area contributed by atoms with Crippen LogP contribution in [0.3, 0.4) is 0 Å². The topological polar surface area (TPSA) is 122 Å². The fraction of sp³-hybridized carbons (Fsp3) is 0.529. The van der Waals surface area contributed by atoms with Crippen molar-refractivity contribution < 1.29 is 4.63 Å². The Morgan fingerprint density at radius 3 is 2.85 bits per heavy atom. The van der Waals surface area contributed by atoms with Crippen LogP contribution in [0.2, 0.25) is 0 Å². The average Bonchev–Trinajstić information content (AvgIpc) is 3.26. The third-order valence-electron chi connectivity index (χ3n) is 5.10. The summed E-state index contributed by atoms with van der Waals surface area (Å²) in [6.45, 7) is 4.43. The number of imidazole rings is 1. The highest BCUT2D eigenvalue weighted by atomic mass is 16.6. The Kier molecular flexibility index (Phi) is 4.56. The monoisotopic (exact) mass is 356 g/mol. The Bertz CT molecular complexity index is 880. The number of likely N-dealkylation sites (tertiary alicyclic amines) is 1. The molecule has 0 aromatic carbocycles. The zero-order valence-electron chi connectivity index (χ0n) is 15.1. The lowest BCUT2D eigenvalue weighted by atomic mass is 10.00. The maximum absolute atomic E-state index is 5.79. The largest absolute Gasteiger partial charge is 0.379 e. The van der Waals surface area contributed by atoms with Gasteiger partial charge in [0.15, 0.2) is 17.3 Å². The van der Waals surface area contributed by atoms with Gasteiger partial charge in [0.1, 0.15) is 0 Å². The van der Waals surface area contributed by atoms with Crippen molar-refractivity contribution in [3.8, 4) is 11.5 Å². The van der Waals surface area contributed by atoms with Gasteiger partial charge in [-0.2, -0.15) is 0 Å². The van der Waals surface area contributed by atoms with Crippen molar-refractivity contribution in [3.63, 3.8) is 0 Å². The summed E-state index contributed by atoms with van der Waals surface area (Å²) in [5.74, 6) is 0.761. The first-order valence-corrected chi connectivity index (χ1v) is 9.02. The second-order valence-corrected chi connectivity index (χ2v) is 6.91. The minimum Gasteiger partial charge on any atom is -0.379 e. The Hall–Kier alpha value is -2.52. The van der Waals surface area contributed by atoms with Crippen LogP contribution in [0.5, 0.6) is 0 Å². The number of H-pyrrole nitrogens is 1. The standard InChI is InChI=1S/C17H24N8O/c1-3-12(20-10-4-6-25(2)7-5-10)11-8-19-9-13-14(11)22-17(21-13)15-16(18)24-26-23-15/h8-10,12,20H,3-7H2,1-2H3,(H2,18,24)(H,21,22). The van der Waals surface area contributed by atoms with Gasteiger partial charge in [-0.3, -0.25) is 4.98 Å². The molecule has 9 nitrogen and oxygen atoms in total. The number of pyridine rings is 1. The van der Waals surface area contributed by atoms with Gasteiger partial charge in [0.25, 0.3) is 0 Å². The van der Waals surface area contributed by atoms with Crippen LogP contribution in [-0.4, -0.2) is 56.3 Å². The van der Waals surface area contributed by atoms with Gasteiger partial charge >= 0.3 is 0 Å². The average molecular weight is 356 g/mol. The molecule has 1 atom stereocenters. The minimum absolute atomic E-state index is 0.198. The molecule has 0 amide bonds. The van der Waals surface area contributed by atoms with E-state index in [4.69, 9.17) is 10.7 Å². The molecule has 4 N–H and O–H groups in total. The fourth-order valence-electron chi connectivity index (χ4n) is 3.57. The van der Waals surface area contributed by atoms with Crippen molar-refractivity contribution in [1.29, 1.82) is 0 Å². The molecule has 138 valence electrons. The maximum atomic E-state index is 5.79. The van der Waals surface area contributed by atoms with Crippen LogP contribution in [0.15, 0.2) is 17.0 Å². The maximum Gasteiger partial charge on any atom is 0.199 e. The molecule has 1 saturated heterocycles. The van der Waals surface area contributed by atoms with Crippen LogP contribution >= 0.6 is 0 Å². The van der Waals surface area contributed by atoms with Crippen LogP contribution in [0.4, 0.5) is 5.82 Å². The number of fused-ring (bicyclic) bond motifs is 1. The van der Waals surface area contributed by atoms with Gasteiger partial charge in [-0.15, -0.1) is 0 Å². The van der Waals surface area contributed by atoms with Crippen LogP contribution in [0.25, 0.3) is 22.6 Å². The summed E-state index contributed by atoms with van der Waals surface area (Å²) >= 11 is 0. The molecule has 9 heteroatoms. The van der Waals surface area contributed by atoms with Gasteiger partial charge in [-0.05, 0) is 49.7 Å². The highest BCUT2D eigenvalue weighted by molar-refractivity contribution is 5.82. The number of piperidine rings is 1. The molecule has 1 aliphatic heterocycles. The second kappa shape index (κ2) is 7.00. The van der Waals surface area contributed by atoms with E-state index in [-0.39, 0.29) is 11.9 Å². The molecule has 0 spiro atoms. The van der Waals surface area contributed by atoms with Gasteiger partial charge in [0.2, 0.25) is 0 Å². The van der Waals surface area contributed by atoms with Crippen LogP contribution in [0, 0.1) is 0 Å². The summed E-state index contributed by atoms with van der Waals surface area (Å²) < 4.78 is 4.69. The smallest absolute Gasteiger partial charge is 0.199 e. The summed E-state index contributed by atoms with van der Waals surface area (Å²) in [5, 5.41) is 11.2. The number of hydrogen-bond donors (Lipinski definition) is 3. The molecule has 0 saturated carbocycles. The summed E-state index contributed by atoms with van der Waals surface area (Å²) in [6, 6.07) is 0.712. The number of rotatable bonds is 5. The molecule has 3 aromatic rings. The molecule has 0 bridgehead atoms. The predicted molar refractivity (Wildman–Crippen MR) is 98.3 cm³/mol. The van der Waals surface area contributed by atoms with E-state index in [2.05, 4.69) is 49.1 Å². The normalized spacial score (nSPS) is 17.8. The molecular formula is C17H24N8O. The van der Waals surface area contributed by atoms with Crippen molar-refractivity contribution in [1.82, 2.24) is 35.5 Å². The molecule has 26 heavy (non-hydrogen) atoms. The second-order valence-electron chi connectivity index (χ2n) is 6.91. The first-order chi connectivity index (χ1) is 12.7. The molecule has 3 aromatic heterocycles. The van der Waals surface area contributed by atoms with Gasteiger partial charge in [0.05, 0.1) is 17.2 Å². The van der Waals surface area contributed by atoms with Crippen molar-refractivity contribution in [2.45, 2.75) is 38.3 Å². The first kappa shape index (κ1) is 16.9. The molecule has 0 aliphatic carbocycles. The lowest BCUT2D eigenvalue weighted by molar-refractivity contribution is 0.223. The van der Waals surface area contributed by atoms with Gasteiger partial charge < -0.3 is 20.9 Å². The summed E-state index contributed by atoms with van der Waals surface area (Å²) in [5.41, 5.74) is 9.03. The number of aromatic amines is 1. The van der Waals surface area contributed by atoms with Crippen molar-refractivity contribution in [3.05, 3.63) is 18.0 Å². The molecular weight excluding hydrogens is 332 g/mol. The van der Waals surface area contributed by atoms with Crippen molar-refractivity contribution in [2.24, 2.45) is 0 Å². The van der Waals surface area contributed by atoms with Gasteiger partial charge in [0, 0.05) is 23.8 Å². The number of nitrogens with one attached hydrogen (secondary N) is 2. The molecule has 4 heterocycles. The molecule has 4 rings (SSSR count). The number of aromatic nitrogens is 5. The number of nitrogens with two attached hydrogens (primary N) is 1. The number of nitrogen functional groups attached to an aromatic ring is 1. The van der Waals surface area contributed by atoms with Gasteiger partial charge in [-0.25, -0.2) is 9.61 Å². The molecule has 1 fully saturated rings. The third kappa shape index (κ3) is 3.15. The van der Waals surface area contributed by atoms with E-state index in [0.717, 1.165) is 48.9 Å². The molecule has 0 radical (unpaired) electrons.